The van der Waals surface area contributed by atoms with E-state index in [1.165, 1.54) is 6.42 Å². The average molecular weight is 291 g/mol. The minimum absolute atomic E-state index is 0.0281. The van der Waals surface area contributed by atoms with Gasteiger partial charge in [0.15, 0.2) is 6.04 Å². The van der Waals surface area contributed by atoms with Crippen molar-refractivity contribution >= 4 is 5.91 Å². The number of hydrogen-bond acceptors (Lipinski definition) is 3. The SMILES string of the molecule is CC(C(=O)NC1(C#N)CCCCC1)[N+]12CCN(CC1)CC2. The van der Waals surface area contributed by atoms with Crippen molar-refractivity contribution in [3.63, 3.8) is 0 Å². The molecule has 5 heteroatoms. The van der Waals surface area contributed by atoms with E-state index in [2.05, 4.69) is 23.2 Å². The van der Waals surface area contributed by atoms with Crippen molar-refractivity contribution in [2.75, 3.05) is 39.3 Å². The molecule has 0 spiro atoms. The van der Waals surface area contributed by atoms with Gasteiger partial charge >= 0.3 is 0 Å². The molecule has 3 heterocycles. The summed E-state index contributed by atoms with van der Waals surface area (Å²) in [6, 6.07) is 2.37. The van der Waals surface area contributed by atoms with Crippen molar-refractivity contribution in [1.82, 2.24) is 10.2 Å². The molecule has 1 saturated carbocycles. The molecule has 5 nitrogen and oxygen atoms in total. The molecule has 0 aromatic heterocycles. The monoisotopic (exact) mass is 291 g/mol. The summed E-state index contributed by atoms with van der Waals surface area (Å²) in [6.07, 6.45) is 4.92. The first-order chi connectivity index (χ1) is 10.1. The maximum Gasteiger partial charge on any atom is 0.279 e. The summed E-state index contributed by atoms with van der Waals surface area (Å²) in [5, 5.41) is 12.7. The number of hydrogen-bond donors (Lipinski definition) is 1. The highest BCUT2D eigenvalue weighted by Crippen LogP contribution is 2.29. The Labute approximate surface area is 127 Å². The number of nitriles is 1. The van der Waals surface area contributed by atoms with Crippen LogP contribution in [0.15, 0.2) is 0 Å². The molecule has 1 aliphatic carbocycles. The lowest BCUT2D eigenvalue weighted by atomic mass is 9.82. The van der Waals surface area contributed by atoms with Crippen LogP contribution in [0.5, 0.6) is 0 Å². The minimum atomic E-state index is -0.598. The van der Waals surface area contributed by atoms with E-state index in [0.29, 0.717) is 0 Å². The summed E-state index contributed by atoms with van der Waals surface area (Å²) in [4.78, 5) is 15.3. The molecule has 0 aromatic rings. The fraction of sp³-hybridized carbons (Fsp3) is 0.875. The molecule has 1 amide bonds. The zero-order valence-corrected chi connectivity index (χ0v) is 13.1. The summed E-state index contributed by atoms with van der Waals surface area (Å²) >= 11 is 0. The van der Waals surface area contributed by atoms with E-state index in [1.54, 1.807) is 0 Å². The third-order valence-electron chi connectivity index (χ3n) is 6.07. The number of nitrogens with one attached hydrogen (secondary N) is 1. The summed E-state index contributed by atoms with van der Waals surface area (Å²) in [5.41, 5.74) is -0.598. The van der Waals surface area contributed by atoms with Crippen LogP contribution in [0.1, 0.15) is 39.0 Å². The van der Waals surface area contributed by atoms with Crippen LogP contribution in [-0.4, -0.2) is 66.1 Å². The van der Waals surface area contributed by atoms with E-state index in [4.69, 9.17) is 0 Å². The van der Waals surface area contributed by atoms with Gasteiger partial charge < -0.3 is 9.80 Å². The van der Waals surface area contributed by atoms with Crippen LogP contribution in [0.3, 0.4) is 0 Å². The molecule has 0 radical (unpaired) electrons. The van der Waals surface area contributed by atoms with Crippen LogP contribution in [0.25, 0.3) is 0 Å². The van der Waals surface area contributed by atoms with Crippen molar-refractivity contribution in [1.29, 1.82) is 5.26 Å². The Morgan fingerprint density at radius 2 is 1.76 bits per heavy atom. The molecule has 1 unspecified atom stereocenters. The minimum Gasteiger partial charge on any atom is -0.333 e. The number of carbonyl (C=O) groups excluding carboxylic acids is 1. The van der Waals surface area contributed by atoms with Gasteiger partial charge in [-0.3, -0.25) is 9.69 Å². The first-order valence-electron chi connectivity index (χ1n) is 8.41. The fourth-order valence-electron chi connectivity index (χ4n) is 4.28. The van der Waals surface area contributed by atoms with Crippen LogP contribution in [0.2, 0.25) is 0 Å². The third-order valence-corrected chi connectivity index (χ3v) is 6.07. The predicted octanol–water partition coefficient (Wildman–Crippen LogP) is 0.864. The molecule has 4 fully saturated rings. The van der Waals surface area contributed by atoms with E-state index in [9.17, 15) is 10.1 Å². The molecule has 4 rings (SSSR count). The number of rotatable bonds is 3. The zero-order valence-electron chi connectivity index (χ0n) is 13.1. The quantitative estimate of drug-likeness (QED) is 0.785. The highest BCUT2D eigenvalue weighted by Gasteiger charge is 2.46. The van der Waals surface area contributed by atoms with Gasteiger partial charge in [-0.05, 0) is 19.8 Å². The van der Waals surface area contributed by atoms with Crippen LogP contribution < -0.4 is 5.32 Å². The Kier molecular flexibility index (Phi) is 3.94. The number of carbonyl (C=O) groups is 1. The largest absolute Gasteiger partial charge is 0.333 e. The van der Waals surface area contributed by atoms with Gasteiger partial charge in [0.25, 0.3) is 5.91 Å². The number of fused-ring (bicyclic) bond motifs is 3. The van der Waals surface area contributed by atoms with Gasteiger partial charge in [-0.25, -0.2) is 0 Å². The normalized spacial score (nSPS) is 35.7. The van der Waals surface area contributed by atoms with Gasteiger partial charge in [-0.2, -0.15) is 5.26 Å². The summed E-state index contributed by atoms with van der Waals surface area (Å²) < 4.78 is 0.920. The van der Waals surface area contributed by atoms with Gasteiger partial charge in [-0.1, -0.05) is 19.3 Å². The molecule has 4 aliphatic rings. The fourth-order valence-corrected chi connectivity index (χ4v) is 4.28. The van der Waals surface area contributed by atoms with Crippen molar-refractivity contribution in [3.05, 3.63) is 0 Å². The molecule has 1 atom stereocenters. The first-order valence-corrected chi connectivity index (χ1v) is 8.41. The van der Waals surface area contributed by atoms with Crippen molar-refractivity contribution in [2.45, 2.75) is 50.6 Å². The van der Waals surface area contributed by atoms with E-state index in [-0.39, 0.29) is 11.9 Å². The molecule has 1 N–H and O–H groups in total. The van der Waals surface area contributed by atoms with Crippen LogP contribution in [0.4, 0.5) is 0 Å². The lowest BCUT2D eigenvalue weighted by molar-refractivity contribution is -0.953. The van der Waals surface area contributed by atoms with Crippen molar-refractivity contribution in [2.24, 2.45) is 0 Å². The Morgan fingerprint density at radius 1 is 1.19 bits per heavy atom. The second kappa shape index (κ2) is 5.58. The number of nitrogens with zero attached hydrogens (tertiary/aromatic N) is 3. The first kappa shape index (κ1) is 14.8. The van der Waals surface area contributed by atoms with Gasteiger partial charge in [0.2, 0.25) is 0 Å². The molecule has 0 aromatic carbocycles. The van der Waals surface area contributed by atoms with Crippen LogP contribution in [-0.2, 0) is 4.79 Å². The Hall–Kier alpha value is -1.12. The molecular weight excluding hydrogens is 264 g/mol. The van der Waals surface area contributed by atoms with E-state index in [1.807, 2.05) is 0 Å². The molecular formula is C16H27N4O+. The maximum absolute atomic E-state index is 12.8. The lowest BCUT2D eigenvalue weighted by Gasteiger charge is -2.53. The summed E-state index contributed by atoms with van der Waals surface area (Å²) in [7, 11) is 0. The Morgan fingerprint density at radius 3 is 2.29 bits per heavy atom. The number of piperazine rings is 3. The lowest BCUT2D eigenvalue weighted by Crippen LogP contribution is -2.73. The second-order valence-electron chi connectivity index (χ2n) is 7.15. The highest BCUT2D eigenvalue weighted by molar-refractivity contribution is 5.81. The van der Waals surface area contributed by atoms with Gasteiger partial charge in [-0.15, -0.1) is 0 Å². The van der Waals surface area contributed by atoms with Crippen LogP contribution in [0, 0.1) is 11.3 Å². The van der Waals surface area contributed by atoms with Crippen molar-refractivity contribution in [3.8, 4) is 6.07 Å². The topological polar surface area (TPSA) is 56.1 Å². The zero-order chi connectivity index (χ0) is 14.9. The summed E-state index contributed by atoms with van der Waals surface area (Å²) in [5.74, 6) is 0.0915. The standard InChI is InChI=1S/C16H26N4O/c1-14(20-10-7-19(8-11-20)9-12-20)15(21)18-16(13-17)5-3-2-4-6-16/h14H,2-12H2,1H3/p+1. The van der Waals surface area contributed by atoms with E-state index in [0.717, 1.165) is 69.4 Å². The molecule has 3 saturated heterocycles. The van der Waals surface area contributed by atoms with Gasteiger partial charge in [0.1, 0.15) is 5.54 Å². The highest BCUT2D eigenvalue weighted by atomic mass is 16.2. The molecule has 3 aliphatic heterocycles. The van der Waals surface area contributed by atoms with E-state index >= 15 is 0 Å². The average Bonchev–Trinajstić information content (AvgIpc) is 2.56. The summed E-state index contributed by atoms with van der Waals surface area (Å²) in [6.45, 7) is 8.63. The molecule has 21 heavy (non-hydrogen) atoms. The Bertz CT molecular complexity index is 428. The van der Waals surface area contributed by atoms with Gasteiger partial charge in [0.05, 0.1) is 25.7 Å². The third kappa shape index (κ3) is 2.67. The predicted molar refractivity (Wildman–Crippen MR) is 80.3 cm³/mol. The van der Waals surface area contributed by atoms with Gasteiger partial charge in [0, 0.05) is 19.6 Å². The second-order valence-corrected chi connectivity index (χ2v) is 7.15. The van der Waals surface area contributed by atoms with Crippen LogP contribution >= 0.6 is 0 Å². The number of quaternary nitrogens is 1. The molecule has 2 bridgehead atoms. The Balaban J connectivity index is 1.68. The number of amides is 1. The molecule has 116 valence electrons. The van der Waals surface area contributed by atoms with E-state index < -0.39 is 5.54 Å². The maximum atomic E-state index is 12.8. The smallest absolute Gasteiger partial charge is 0.279 e. The van der Waals surface area contributed by atoms with Crippen molar-refractivity contribution < 1.29 is 9.28 Å².